The van der Waals surface area contributed by atoms with Crippen LogP contribution in [0.4, 0.5) is 0 Å². The summed E-state index contributed by atoms with van der Waals surface area (Å²) in [4.78, 5) is 4.68. The highest BCUT2D eigenvalue weighted by Gasteiger charge is 2.28. The first-order chi connectivity index (χ1) is 9.08. The Morgan fingerprint density at radius 3 is 2.63 bits per heavy atom. The van der Waals surface area contributed by atoms with Crippen LogP contribution in [-0.4, -0.2) is 9.55 Å². The second kappa shape index (κ2) is 4.99. The molecule has 1 aromatic carbocycles. The molecule has 2 aromatic rings. The standard InChI is InChI=1S/C15H18Cl2N2/c1-9(16)15-18-13-8-12(17)6-7-14(13)19(15)10(2)11-4-3-5-11/h6-11H,3-5H2,1-2H3. The van der Waals surface area contributed by atoms with Crippen LogP contribution in [0.1, 0.15) is 50.4 Å². The van der Waals surface area contributed by atoms with Crippen LogP contribution in [0.15, 0.2) is 18.2 Å². The van der Waals surface area contributed by atoms with Crippen molar-refractivity contribution in [1.82, 2.24) is 9.55 Å². The van der Waals surface area contributed by atoms with E-state index in [1.807, 2.05) is 19.1 Å². The van der Waals surface area contributed by atoms with E-state index in [1.165, 1.54) is 19.3 Å². The van der Waals surface area contributed by atoms with Crippen molar-refractivity contribution in [2.45, 2.75) is 44.5 Å². The van der Waals surface area contributed by atoms with Gasteiger partial charge in [-0.2, -0.15) is 0 Å². The van der Waals surface area contributed by atoms with Gasteiger partial charge in [-0.25, -0.2) is 4.98 Å². The number of hydrogen-bond donors (Lipinski definition) is 0. The largest absolute Gasteiger partial charge is 0.324 e. The second-order valence-electron chi connectivity index (χ2n) is 5.52. The van der Waals surface area contributed by atoms with E-state index < -0.39 is 0 Å². The lowest BCUT2D eigenvalue weighted by molar-refractivity contribution is 0.223. The van der Waals surface area contributed by atoms with E-state index in [1.54, 1.807) is 0 Å². The topological polar surface area (TPSA) is 17.8 Å². The van der Waals surface area contributed by atoms with Crippen molar-refractivity contribution >= 4 is 34.2 Å². The molecular formula is C15H18Cl2N2. The maximum Gasteiger partial charge on any atom is 0.127 e. The molecule has 0 bridgehead atoms. The highest BCUT2D eigenvalue weighted by atomic mass is 35.5. The van der Waals surface area contributed by atoms with E-state index in [0.717, 1.165) is 27.8 Å². The quantitative estimate of drug-likeness (QED) is 0.698. The highest BCUT2D eigenvalue weighted by Crippen LogP contribution is 2.40. The minimum atomic E-state index is -0.0892. The maximum atomic E-state index is 6.31. The minimum absolute atomic E-state index is 0.0892. The zero-order valence-electron chi connectivity index (χ0n) is 11.2. The molecule has 2 nitrogen and oxygen atoms in total. The molecule has 3 rings (SSSR count). The molecule has 1 aliphatic rings. The Kier molecular flexibility index (Phi) is 3.48. The summed E-state index contributed by atoms with van der Waals surface area (Å²) < 4.78 is 2.31. The van der Waals surface area contributed by atoms with E-state index in [4.69, 9.17) is 23.2 Å². The predicted molar refractivity (Wildman–Crippen MR) is 81.1 cm³/mol. The zero-order chi connectivity index (χ0) is 13.6. The SMILES string of the molecule is CC(Cl)c1nc2cc(Cl)ccc2n1C(C)C1CCC1. The summed E-state index contributed by atoms with van der Waals surface area (Å²) in [7, 11) is 0. The Bertz CT molecular complexity index is 599. The number of hydrogen-bond acceptors (Lipinski definition) is 1. The van der Waals surface area contributed by atoms with Gasteiger partial charge >= 0.3 is 0 Å². The monoisotopic (exact) mass is 296 g/mol. The van der Waals surface area contributed by atoms with Crippen molar-refractivity contribution in [3.05, 3.63) is 29.0 Å². The van der Waals surface area contributed by atoms with Crippen LogP contribution in [0.2, 0.25) is 5.02 Å². The second-order valence-corrected chi connectivity index (χ2v) is 6.61. The Hall–Kier alpha value is -0.730. The lowest BCUT2D eigenvalue weighted by Crippen LogP contribution is -2.24. The summed E-state index contributed by atoms with van der Waals surface area (Å²) in [5, 5.41) is 0.635. The van der Waals surface area contributed by atoms with Crippen LogP contribution in [-0.2, 0) is 0 Å². The first kappa shape index (κ1) is 13.3. The fraction of sp³-hybridized carbons (Fsp3) is 0.533. The smallest absolute Gasteiger partial charge is 0.127 e. The number of imidazole rings is 1. The van der Waals surface area contributed by atoms with Crippen LogP contribution in [0, 0.1) is 5.92 Å². The van der Waals surface area contributed by atoms with E-state index in [0.29, 0.717) is 6.04 Å². The number of nitrogens with zero attached hydrogens (tertiary/aromatic N) is 2. The van der Waals surface area contributed by atoms with Gasteiger partial charge in [-0.3, -0.25) is 0 Å². The molecule has 0 radical (unpaired) electrons. The van der Waals surface area contributed by atoms with Gasteiger partial charge in [0, 0.05) is 11.1 Å². The fourth-order valence-corrected chi connectivity index (χ4v) is 3.25. The van der Waals surface area contributed by atoms with Gasteiger partial charge in [0.25, 0.3) is 0 Å². The van der Waals surface area contributed by atoms with E-state index in [2.05, 4.69) is 22.5 Å². The van der Waals surface area contributed by atoms with Gasteiger partial charge in [0.1, 0.15) is 5.82 Å². The van der Waals surface area contributed by atoms with Crippen LogP contribution < -0.4 is 0 Å². The van der Waals surface area contributed by atoms with Crippen LogP contribution >= 0.6 is 23.2 Å². The normalized spacial score (nSPS) is 19.4. The van der Waals surface area contributed by atoms with Gasteiger partial charge in [0.15, 0.2) is 0 Å². The number of benzene rings is 1. The summed E-state index contributed by atoms with van der Waals surface area (Å²) in [6, 6.07) is 6.36. The number of fused-ring (bicyclic) bond motifs is 1. The van der Waals surface area contributed by atoms with Crippen LogP contribution in [0.3, 0.4) is 0 Å². The minimum Gasteiger partial charge on any atom is -0.324 e. The average Bonchev–Trinajstić information content (AvgIpc) is 2.64. The first-order valence-corrected chi connectivity index (χ1v) is 7.71. The van der Waals surface area contributed by atoms with Gasteiger partial charge in [-0.15, -0.1) is 11.6 Å². The van der Waals surface area contributed by atoms with Crippen molar-refractivity contribution in [2.24, 2.45) is 5.92 Å². The highest BCUT2D eigenvalue weighted by molar-refractivity contribution is 6.31. The lowest BCUT2D eigenvalue weighted by atomic mass is 9.80. The van der Waals surface area contributed by atoms with Crippen LogP contribution in [0.25, 0.3) is 11.0 Å². The Labute approximate surface area is 123 Å². The molecule has 102 valence electrons. The van der Waals surface area contributed by atoms with Gasteiger partial charge in [0.05, 0.1) is 16.4 Å². The Morgan fingerprint density at radius 2 is 2.05 bits per heavy atom. The summed E-state index contributed by atoms with van der Waals surface area (Å²) in [6.07, 6.45) is 3.97. The summed E-state index contributed by atoms with van der Waals surface area (Å²) in [5.41, 5.74) is 2.09. The predicted octanol–water partition coefficient (Wildman–Crippen LogP) is 5.35. The molecule has 1 saturated carbocycles. The summed E-state index contributed by atoms with van der Waals surface area (Å²) in [5.74, 6) is 1.71. The number of halogens is 2. The molecule has 0 spiro atoms. The molecule has 2 atom stereocenters. The molecule has 1 aromatic heterocycles. The molecule has 0 amide bonds. The number of aromatic nitrogens is 2. The van der Waals surface area contributed by atoms with Gasteiger partial charge in [-0.1, -0.05) is 18.0 Å². The van der Waals surface area contributed by atoms with Gasteiger partial charge in [0.2, 0.25) is 0 Å². The molecule has 0 N–H and O–H groups in total. The van der Waals surface area contributed by atoms with Crippen molar-refractivity contribution in [3.63, 3.8) is 0 Å². The summed E-state index contributed by atoms with van der Waals surface area (Å²) >= 11 is 12.4. The number of alkyl halides is 1. The fourth-order valence-electron chi connectivity index (χ4n) is 2.93. The van der Waals surface area contributed by atoms with Crippen molar-refractivity contribution in [3.8, 4) is 0 Å². The Morgan fingerprint density at radius 1 is 1.32 bits per heavy atom. The maximum absolute atomic E-state index is 6.31. The van der Waals surface area contributed by atoms with Crippen molar-refractivity contribution < 1.29 is 0 Å². The van der Waals surface area contributed by atoms with Crippen molar-refractivity contribution in [2.75, 3.05) is 0 Å². The van der Waals surface area contributed by atoms with E-state index in [-0.39, 0.29) is 5.38 Å². The molecule has 19 heavy (non-hydrogen) atoms. The lowest BCUT2D eigenvalue weighted by Gasteiger charge is -2.33. The van der Waals surface area contributed by atoms with Gasteiger partial charge < -0.3 is 4.57 Å². The molecular weight excluding hydrogens is 279 g/mol. The average molecular weight is 297 g/mol. The third-order valence-corrected chi connectivity index (χ3v) is 4.70. The van der Waals surface area contributed by atoms with Crippen molar-refractivity contribution in [1.29, 1.82) is 0 Å². The molecule has 1 aliphatic carbocycles. The Balaban J connectivity index is 2.15. The molecule has 2 unspecified atom stereocenters. The molecule has 0 saturated heterocycles. The van der Waals surface area contributed by atoms with Gasteiger partial charge in [-0.05, 0) is 50.8 Å². The third-order valence-electron chi connectivity index (χ3n) is 4.27. The molecule has 1 fully saturated rings. The van der Waals surface area contributed by atoms with Crippen LogP contribution in [0.5, 0.6) is 0 Å². The molecule has 4 heteroatoms. The zero-order valence-corrected chi connectivity index (χ0v) is 12.7. The van der Waals surface area contributed by atoms with E-state index >= 15 is 0 Å². The molecule has 0 aliphatic heterocycles. The van der Waals surface area contributed by atoms with E-state index in [9.17, 15) is 0 Å². The number of rotatable bonds is 3. The third kappa shape index (κ3) is 2.25. The first-order valence-electron chi connectivity index (χ1n) is 6.89. The molecule has 1 heterocycles. The summed E-state index contributed by atoms with van der Waals surface area (Å²) in [6.45, 7) is 4.26.